The number of aromatic nitrogens is 1. The molecular formula is C9H8N2O4S. The highest BCUT2D eigenvalue weighted by atomic mass is 32.2. The van der Waals surface area contributed by atoms with E-state index in [4.69, 9.17) is 10.3 Å². The highest BCUT2D eigenvalue weighted by molar-refractivity contribution is 7.85. The van der Waals surface area contributed by atoms with Crippen molar-refractivity contribution in [1.29, 1.82) is 0 Å². The second-order valence-electron chi connectivity index (χ2n) is 3.25. The molecule has 1 heterocycles. The minimum Gasteiger partial charge on any atom is -0.366 e. The number of fused-ring (bicyclic) bond motifs is 1. The van der Waals surface area contributed by atoms with Gasteiger partial charge in [0.1, 0.15) is 0 Å². The molecular weight excluding hydrogens is 232 g/mol. The molecule has 2 rings (SSSR count). The van der Waals surface area contributed by atoms with Gasteiger partial charge in [-0.1, -0.05) is 0 Å². The van der Waals surface area contributed by atoms with Gasteiger partial charge >= 0.3 is 0 Å². The van der Waals surface area contributed by atoms with Crippen LogP contribution in [0, 0.1) is 0 Å². The number of nitrogens with two attached hydrogens (primary N) is 1. The van der Waals surface area contributed by atoms with E-state index in [1.165, 1.54) is 24.4 Å². The molecule has 0 aliphatic rings. The molecule has 84 valence electrons. The molecule has 1 amide bonds. The summed E-state index contributed by atoms with van der Waals surface area (Å²) in [5.74, 6) is -0.668. The maximum Gasteiger partial charge on any atom is 0.294 e. The average molecular weight is 240 g/mol. The zero-order valence-electron chi connectivity index (χ0n) is 7.97. The summed E-state index contributed by atoms with van der Waals surface area (Å²) in [7, 11) is -4.28. The van der Waals surface area contributed by atoms with Gasteiger partial charge in [-0.2, -0.15) is 8.42 Å². The van der Waals surface area contributed by atoms with E-state index in [2.05, 4.69) is 4.98 Å². The fraction of sp³-hybridized carbons (Fsp3) is 0. The maximum absolute atomic E-state index is 11.0. The number of rotatable bonds is 2. The summed E-state index contributed by atoms with van der Waals surface area (Å²) < 4.78 is 30.7. The SMILES string of the molecule is NC(=O)c1c[nH]c2ccc(S(=O)(=O)O)cc12. The molecule has 0 bridgehead atoms. The van der Waals surface area contributed by atoms with Gasteiger partial charge in [0.15, 0.2) is 0 Å². The molecule has 0 aliphatic heterocycles. The first-order valence-corrected chi connectivity index (χ1v) is 5.72. The van der Waals surface area contributed by atoms with Gasteiger partial charge in [0, 0.05) is 17.1 Å². The quantitative estimate of drug-likeness (QED) is 0.663. The Labute approximate surface area is 90.8 Å². The van der Waals surface area contributed by atoms with Gasteiger partial charge in [-0.3, -0.25) is 9.35 Å². The molecule has 0 saturated heterocycles. The van der Waals surface area contributed by atoms with Crippen molar-refractivity contribution in [2.75, 3.05) is 0 Å². The molecule has 1 aromatic carbocycles. The van der Waals surface area contributed by atoms with Crippen LogP contribution in [0.4, 0.5) is 0 Å². The van der Waals surface area contributed by atoms with Crippen LogP contribution in [-0.4, -0.2) is 23.9 Å². The van der Waals surface area contributed by atoms with Crippen LogP contribution in [0.1, 0.15) is 10.4 Å². The van der Waals surface area contributed by atoms with Gasteiger partial charge in [0.25, 0.3) is 16.0 Å². The van der Waals surface area contributed by atoms with Crippen molar-refractivity contribution in [2.24, 2.45) is 5.73 Å². The lowest BCUT2D eigenvalue weighted by atomic mass is 10.2. The molecule has 0 radical (unpaired) electrons. The second kappa shape index (κ2) is 3.32. The minimum atomic E-state index is -4.28. The normalized spacial score (nSPS) is 11.8. The lowest BCUT2D eigenvalue weighted by molar-refractivity contribution is 0.100. The Kier molecular flexibility index (Phi) is 2.21. The lowest BCUT2D eigenvalue weighted by Gasteiger charge is -1.98. The van der Waals surface area contributed by atoms with Gasteiger partial charge in [0.05, 0.1) is 10.5 Å². The summed E-state index contributed by atoms with van der Waals surface area (Å²) in [5.41, 5.74) is 5.86. The van der Waals surface area contributed by atoms with E-state index < -0.39 is 16.0 Å². The second-order valence-corrected chi connectivity index (χ2v) is 4.67. The van der Waals surface area contributed by atoms with E-state index >= 15 is 0 Å². The highest BCUT2D eigenvalue weighted by Gasteiger charge is 2.14. The Morgan fingerprint density at radius 3 is 2.62 bits per heavy atom. The first-order valence-electron chi connectivity index (χ1n) is 4.28. The number of H-pyrrole nitrogens is 1. The van der Waals surface area contributed by atoms with Crippen molar-refractivity contribution in [3.05, 3.63) is 30.0 Å². The van der Waals surface area contributed by atoms with Crippen LogP contribution >= 0.6 is 0 Å². The number of benzene rings is 1. The van der Waals surface area contributed by atoms with Crippen molar-refractivity contribution in [1.82, 2.24) is 4.98 Å². The average Bonchev–Trinajstić information content (AvgIpc) is 2.58. The van der Waals surface area contributed by atoms with Crippen LogP contribution in [0.25, 0.3) is 10.9 Å². The van der Waals surface area contributed by atoms with Crippen LogP contribution in [-0.2, 0) is 10.1 Å². The molecule has 4 N–H and O–H groups in total. The predicted molar refractivity (Wildman–Crippen MR) is 56.6 cm³/mol. The molecule has 0 fully saturated rings. The molecule has 0 spiro atoms. The molecule has 0 aliphatic carbocycles. The van der Waals surface area contributed by atoms with Crippen molar-refractivity contribution in [3.8, 4) is 0 Å². The van der Waals surface area contributed by atoms with Crippen molar-refractivity contribution < 1.29 is 17.8 Å². The Morgan fingerprint density at radius 2 is 2.06 bits per heavy atom. The monoisotopic (exact) mass is 240 g/mol. The number of hydrogen-bond acceptors (Lipinski definition) is 3. The van der Waals surface area contributed by atoms with Gasteiger partial charge in [-0.05, 0) is 18.2 Å². The fourth-order valence-electron chi connectivity index (χ4n) is 1.46. The largest absolute Gasteiger partial charge is 0.366 e. The van der Waals surface area contributed by atoms with Crippen LogP contribution in [0.5, 0.6) is 0 Å². The van der Waals surface area contributed by atoms with E-state index in [9.17, 15) is 13.2 Å². The van der Waals surface area contributed by atoms with Gasteiger partial charge in [-0.25, -0.2) is 0 Å². The van der Waals surface area contributed by atoms with E-state index in [0.717, 1.165) is 0 Å². The first kappa shape index (κ1) is 10.7. The van der Waals surface area contributed by atoms with Crippen LogP contribution in [0.15, 0.2) is 29.3 Å². The number of carbonyl (C=O) groups is 1. The summed E-state index contributed by atoms with van der Waals surface area (Å²) >= 11 is 0. The highest BCUT2D eigenvalue weighted by Crippen LogP contribution is 2.21. The van der Waals surface area contributed by atoms with Gasteiger partial charge in [0.2, 0.25) is 0 Å². The zero-order valence-corrected chi connectivity index (χ0v) is 8.78. The molecule has 0 saturated carbocycles. The van der Waals surface area contributed by atoms with Crippen molar-refractivity contribution >= 4 is 26.9 Å². The third kappa shape index (κ3) is 1.66. The van der Waals surface area contributed by atoms with Crippen LogP contribution in [0.3, 0.4) is 0 Å². The number of hydrogen-bond donors (Lipinski definition) is 3. The number of aromatic amines is 1. The molecule has 6 nitrogen and oxygen atoms in total. The van der Waals surface area contributed by atoms with E-state index in [0.29, 0.717) is 10.9 Å². The summed E-state index contributed by atoms with van der Waals surface area (Å²) in [4.78, 5) is 13.5. The van der Waals surface area contributed by atoms with Gasteiger partial charge < -0.3 is 10.7 Å². The zero-order chi connectivity index (χ0) is 11.9. The standard InChI is InChI=1S/C9H8N2O4S/c10-9(12)7-4-11-8-2-1-5(3-6(7)8)16(13,14)15/h1-4,11H,(H2,10,12)(H,13,14,15). The summed E-state index contributed by atoms with van der Waals surface area (Å²) in [5, 5.41) is 0.364. The molecule has 7 heteroatoms. The number of carbonyl (C=O) groups excluding carboxylic acids is 1. The summed E-state index contributed by atoms with van der Waals surface area (Å²) in [6.45, 7) is 0. The van der Waals surface area contributed by atoms with Crippen molar-refractivity contribution in [3.63, 3.8) is 0 Å². The Morgan fingerprint density at radius 1 is 1.38 bits per heavy atom. The topological polar surface area (TPSA) is 113 Å². The first-order chi connectivity index (χ1) is 7.39. The van der Waals surface area contributed by atoms with Crippen molar-refractivity contribution in [2.45, 2.75) is 4.90 Å². The molecule has 2 aromatic rings. The molecule has 16 heavy (non-hydrogen) atoms. The van der Waals surface area contributed by atoms with Crippen LogP contribution < -0.4 is 5.73 Å². The molecule has 0 atom stereocenters. The third-order valence-electron chi connectivity index (χ3n) is 2.22. The van der Waals surface area contributed by atoms with E-state index in [1.807, 2.05) is 0 Å². The lowest BCUT2D eigenvalue weighted by Crippen LogP contribution is -2.10. The summed E-state index contributed by atoms with van der Waals surface area (Å²) in [6, 6.07) is 3.88. The third-order valence-corrected chi connectivity index (χ3v) is 3.07. The smallest absolute Gasteiger partial charge is 0.294 e. The number of nitrogens with one attached hydrogen (secondary N) is 1. The van der Waals surface area contributed by atoms with E-state index in [1.54, 1.807) is 0 Å². The molecule has 0 unspecified atom stereocenters. The fourth-order valence-corrected chi connectivity index (χ4v) is 1.97. The Balaban J connectivity index is 2.78. The predicted octanol–water partition coefficient (Wildman–Crippen LogP) is 0.514. The number of primary amides is 1. The van der Waals surface area contributed by atoms with Gasteiger partial charge in [-0.15, -0.1) is 0 Å². The maximum atomic E-state index is 11.0. The molecule has 1 aromatic heterocycles. The Hall–Kier alpha value is -1.86. The number of amides is 1. The minimum absolute atomic E-state index is 0.181. The summed E-state index contributed by atoms with van der Waals surface area (Å²) in [6.07, 6.45) is 1.39. The van der Waals surface area contributed by atoms with Crippen LogP contribution in [0.2, 0.25) is 0 Å². The van der Waals surface area contributed by atoms with E-state index in [-0.39, 0.29) is 10.5 Å². The Bertz CT molecular complexity index is 672.